The quantitative estimate of drug-likeness (QED) is 0.650. The summed E-state index contributed by atoms with van der Waals surface area (Å²) in [5.41, 5.74) is 1.49. The van der Waals surface area contributed by atoms with E-state index in [4.69, 9.17) is 0 Å². The SMILES string of the molecule is Cc1nnnn1-c1cc(NC(=O)c2cccc(NC(=O)C3CCCCC3)c2)ccc1F. The molecule has 0 saturated heterocycles. The topological polar surface area (TPSA) is 102 Å². The van der Waals surface area contributed by atoms with Crippen molar-refractivity contribution >= 4 is 23.2 Å². The molecule has 31 heavy (non-hydrogen) atoms. The highest BCUT2D eigenvalue weighted by Gasteiger charge is 2.21. The van der Waals surface area contributed by atoms with Gasteiger partial charge in [0.2, 0.25) is 5.91 Å². The summed E-state index contributed by atoms with van der Waals surface area (Å²) in [7, 11) is 0. The normalized spacial score (nSPS) is 14.3. The summed E-state index contributed by atoms with van der Waals surface area (Å²) in [5, 5.41) is 16.7. The molecule has 1 aliphatic rings. The number of anilines is 2. The molecule has 8 nitrogen and oxygen atoms in total. The van der Waals surface area contributed by atoms with E-state index < -0.39 is 5.82 Å². The fourth-order valence-electron chi connectivity index (χ4n) is 3.76. The van der Waals surface area contributed by atoms with Gasteiger partial charge in [0, 0.05) is 22.9 Å². The number of nitrogens with zero attached hydrogens (tertiary/aromatic N) is 4. The molecule has 0 aliphatic heterocycles. The van der Waals surface area contributed by atoms with Crippen molar-refractivity contribution in [2.45, 2.75) is 39.0 Å². The Kier molecular flexibility index (Phi) is 6.01. The third kappa shape index (κ3) is 4.76. The zero-order chi connectivity index (χ0) is 21.8. The van der Waals surface area contributed by atoms with Gasteiger partial charge in [0.1, 0.15) is 11.5 Å². The lowest BCUT2D eigenvalue weighted by atomic mass is 9.88. The zero-order valence-electron chi connectivity index (χ0n) is 17.1. The summed E-state index contributed by atoms with van der Waals surface area (Å²) < 4.78 is 15.5. The number of hydrogen-bond donors (Lipinski definition) is 2. The summed E-state index contributed by atoms with van der Waals surface area (Å²) in [6.07, 6.45) is 5.13. The first-order valence-corrected chi connectivity index (χ1v) is 10.3. The van der Waals surface area contributed by atoms with E-state index in [1.54, 1.807) is 31.2 Å². The van der Waals surface area contributed by atoms with Crippen molar-refractivity contribution in [3.63, 3.8) is 0 Å². The van der Waals surface area contributed by atoms with Gasteiger partial charge in [-0.05, 0) is 66.6 Å². The lowest BCUT2D eigenvalue weighted by Crippen LogP contribution is -2.24. The predicted octanol–water partition coefficient (Wildman–Crippen LogP) is 3.88. The van der Waals surface area contributed by atoms with Crippen LogP contribution in [0, 0.1) is 18.7 Å². The highest BCUT2D eigenvalue weighted by molar-refractivity contribution is 6.05. The van der Waals surface area contributed by atoms with Gasteiger partial charge < -0.3 is 10.6 Å². The van der Waals surface area contributed by atoms with E-state index in [9.17, 15) is 14.0 Å². The fourth-order valence-corrected chi connectivity index (χ4v) is 3.76. The summed E-state index contributed by atoms with van der Waals surface area (Å²) in [6.45, 7) is 1.65. The number of hydrogen-bond acceptors (Lipinski definition) is 5. The molecular weight excluding hydrogens is 399 g/mol. The standard InChI is InChI=1S/C22H23FN6O2/c1-14-26-27-28-29(14)20-13-18(10-11-19(20)23)25-22(31)16-8-5-9-17(12-16)24-21(30)15-6-3-2-4-7-15/h5,8-13,15H,2-4,6-7H2,1H3,(H,24,30)(H,25,31). The van der Waals surface area contributed by atoms with Crippen LogP contribution in [0.15, 0.2) is 42.5 Å². The minimum Gasteiger partial charge on any atom is -0.326 e. The number of benzene rings is 2. The number of tetrazole rings is 1. The minimum atomic E-state index is -0.513. The molecule has 1 saturated carbocycles. The smallest absolute Gasteiger partial charge is 0.255 e. The summed E-state index contributed by atoms with van der Waals surface area (Å²) in [6, 6.07) is 10.9. The number of aryl methyl sites for hydroxylation is 1. The van der Waals surface area contributed by atoms with Crippen molar-refractivity contribution in [3.8, 4) is 5.69 Å². The van der Waals surface area contributed by atoms with Crippen LogP contribution in [-0.4, -0.2) is 32.0 Å². The van der Waals surface area contributed by atoms with E-state index in [1.165, 1.54) is 29.3 Å². The van der Waals surface area contributed by atoms with Crippen molar-refractivity contribution in [1.82, 2.24) is 20.2 Å². The molecule has 1 fully saturated rings. The first-order chi connectivity index (χ1) is 15.0. The Morgan fingerprint density at radius 2 is 1.81 bits per heavy atom. The van der Waals surface area contributed by atoms with E-state index >= 15 is 0 Å². The average Bonchev–Trinajstić information content (AvgIpc) is 3.21. The molecule has 0 radical (unpaired) electrons. The molecule has 0 atom stereocenters. The molecule has 160 valence electrons. The molecular formula is C22H23FN6O2. The molecule has 0 spiro atoms. The van der Waals surface area contributed by atoms with Gasteiger partial charge in [-0.25, -0.2) is 4.39 Å². The van der Waals surface area contributed by atoms with Crippen LogP contribution >= 0.6 is 0 Å². The second kappa shape index (κ2) is 9.03. The van der Waals surface area contributed by atoms with Crippen LogP contribution in [0.2, 0.25) is 0 Å². The van der Waals surface area contributed by atoms with Crippen LogP contribution in [0.3, 0.4) is 0 Å². The highest BCUT2D eigenvalue weighted by atomic mass is 19.1. The molecule has 2 amide bonds. The Morgan fingerprint density at radius 3 is 2.55 bits per heavy atom. The Labute approximate surface area is 178 Å². The molecule has 0 unspecified atom stereocenters. The maximum atomic E-state index is 14.2. The number of aromatic nitrogens is 4. The van der Waals surface area contributed by atoms with E-state index in [2.05, 4.69) is 26.2 Å². The van der Waals surface area contributed by atoms with Crippen LogP contribution in [0.1, 0.15) is 48.3 Å². The number of amides is 2. The Balaban J connectivity index is 1.47. The van der Waals surface area contributed by atoms with Gasteiger partial charge >= 0.3 is 0 Å². The maximum absolute atomic E-state index is 14.2. The minimum absolute atomic E-state index is 0.00255. The monoisotopic (exact) mass is 422 g/mol. The van der Waals surface area contributed by atoms with Crippen molar-refractivity contribution in [1.29, 1.82) is 0 Å². The molecule has 9 heteroatoms. The van der Waals surface area contributed by atoms with Gasteiger partial charge in [0.05, 0.1) is 0 Å². The Bertz CT molecular complexity index is 1110. The van der Waals surface area contributed by atoms with E-state index in [1.807, 2.05) is 0 Å². The lowest BCUT2D eigenvalue weighted by Gasteiger charge is -2.20. The molecule has 3 aromatic rings. The first kappa shape index (κ1) is 20.6. The largest absolute Gasteiger partial charge is 0.326 e. The number of nitrogens with one attached hydrogen (secondary N) is 2. The average molecular weight is 422 g/mol. The zero-order valence-corrected chi connectivity index (χ0v) is 17.1. The lowest BCUT2D eigenvalue weighted by molar-refractivity contribution is -0.120. The van der Waals surface area contributed by atoms with Crippen LogP contribution < -0.4 is 10.6 Å². The third-order valence-corrected chi connectivity index (χ3v) is 5.43. The van der Waals surface area contributed by atoms with Gasteiger partial charge in [0.15, 0.2) is 5.82 Å². The number of carbonyl (C=O) groups excluding carboxylic acids is 2. The van der Waals surface area contributed by atoms with Gasteiger partial charge in [-0.15, -0.1) is 5.10 Å². The maximum Gasteiger partial charge on any atom is 0.255 e. The molecule has 0 bridgehead atoms. The molecule has 2 aromatic carbocycles. The van der Waals surface area contributed by atoms with Crippen molar-refractivity contribution in [2.24, 2.45) is 5.92 Å². The predicted molar refractivity (Wildman–Crippen MR) is 113 cm³/mol. The second-order valence-corrected chi connectivity index (χ2v) is 7.66. The Hall–Kier alpha value is -3.62. The number of halogens is 1. The van der Waals surface area contributed by atoms with Crippen molar-refractivity contribution < 1.29 is 14.0 Å². The molecule has 1 heterocycles. The van der Waals surface area contributed by atoms with E-state index in [-0.39, 0.29) is 23.4 Å². The highest BCUT2D eigenvalue weighted by Crippen LogP contribution is 2.25. The van der Waals surface area contributed by atoms with Gasteiger partial charge in [0.25, 0.3) is 5.91 Å². The molecule has 1 aliphatic carbocycles. The van der Waals surface area contributed by atoms with Gasteiger partial charge in [-0.1, -0.05) is 25.3 Å². The van der Waals surface area contributed by atoms with E-state index in [0.717, 1.165) is 25.7 Å². The fraction of sp³-hybridized carbons (Fsp3) is 0.318. The summed E-state index contributed by atoms with van der Waals surface area (Å²) >= 11 is 0. The van der Waals surface area contributed by atoms with Crippen LogP contribution in [-0.2, 0) is 4.79 Å². The molecule has 2 N–H and O–H groups in total. The van der Waals surface area contributed by atoms with Crippen molar-refractivity contribution in [2.75, 3.05) is 10.6 Å². The van der Waals surface area contributed by atoms with Crippen LogP contribution in [0.25, 0.3) is 5.69 Å². The van der Waals surface area contributed by atoms with Gasteiger partial charge in [-0.2, -0.15) is 4.68 Å². The Morgan fingerprint density at radius 1 is 1.03 bits per heavy atom. The van der Waals surface area contributed by atoms with Gasteiger partial charge in [-0.3, -0.25) is 9.59 Å². The van der Waals surface area contributed by atoms with Crippen molar-refractivity contribution in [3.05, 3.63) is 59.7 Å². The third-order valence-electron chi connectivity index (χ3n) is 5.43. The summed E-state index contributed by atoms with van der Waals surface area (Å²) in [4.78, 5) is 25.2. The van der Waals surface area contributed by atoms with E-state index in [0.29, 0.717) is 22.8 Å². The molecule has 4 rings (SSSR count). The first-order valence-electron chi connectivity index (χ1n) is 10.3. The van der Waals surface area contributed by atoms with Crippen LogP contribution in [0.4, 0.5) is 15.8 Å². The number of carbonyl (C=O) groups is 2. The number of rotatable bonds is 5. The van der Waals surface area contributed by atoms with Crippen LogP contribution in [0.5, 0.6) is 0 Å². The molecule has 1 aromatic heterocycles. The summed E-state index contributed by atoms with van der Waals surface area (Å²) in [5.74, 6) is -0.444. The second-order valence-electron chi connectivity index (χ2n) is 7.66.